The number of amides is 1. The molecule has 0 fully saturated rings. The van der Waals surface area contributed by atoms with Gasteiger partial charge in [-0.1, -0.05) is 18.5 Å². The van der Waals surface area contributed by atoms with Crippen molar-refractivity contribution in [1.29, 1.82) is 0 Å². The third kappa shape index (κ3) is 5.25. The van der Waals surface area contributed by atoms with Crippen LogP contribution >= 0.6 is 23.4 Å². The van der Waals surface area contributed by atoms with E-state index >= 15 is 0 Å². The lowest BCUT2D eigenvalue weighted by Crippen LogP contribution is -2.15. The molecule has 0 saturated heterocycles. The van der Waals surface area contributed by atoms with Gasteiger partial charge in [0.25, 0.3) is 0 Å². The van der Waals surface area contributed by atoms with Crippen molar-refractivity contribution in [3.63, 3.8) is 0 Å². The molecule has 1 aromatic carbocycles. The molecule has 0 aliphatic carbocycles. The first-order chi connectivity index (χ1) is 8.52. The monoisotopic (exact) mass is 291 g/mol. The molecule has 0 aliphatic rings. The van der Waals surface area contributed by atoms with Gasteiger partial charge in [0.15, 0.2) is 0 Å². The van der Waals surface area contributed by atoms with Gasteiger partial charge in [0.05, 0.1) is 10.8 Å². The van der Waals surface area contributed by atoms with E-state index < -0.39 is 5.82 Å². The Bertz CT molecular complexity index is 417. The van der Waals surface area contributed by atoms with E-state index in [4.69, 9.17) is 16.7 Å². The quantitative estimate of drug-likeness (QED) is 0.847. The second-order valence-electron chi connectivity index (χ2n) is 3.98. The van der Waals surface area contributed by atoms with Crippen LogP contribution in [-0.4, -0.2) is 29.1 Å². The highest BCUT2D eigenvalue weighted by atomic mass is 35.5. The topological polar surface area (TPSA) is 49.3 Å². The number of halogens is 2. The Morgan fingerprint density at radius 3 is 2.94 bits per heavy atom. The van der Waals surface area contributed by atoms with E-state index in [0.717, 1.165) is 0 Å². The minimum absolute atomic E-state index is 0.0191. The summed E-state index contributed by atoms with van der Waals surface area (Å²) >= 11 is 7.04. The number of carbonyl (C=O) groups is 1. The number of aliphatic hydroxyl groups excluding tert-OH is 1. The van der Waals surface area contributed by atoms with E-state index in [1.54, 1.807) is 0 Å². The summed E-state index contributed by atoms with van der Waals surface area (Å²) in [5.74, 6) is 0.490. The summed E-state index contributed by atoms with van der Waals surface area (Å²) in [6, 6.07) is 4.04. The summed E-state index contributed by atoms with van der Waals surface area (Å²) in [7, 11) is 0. The summed E-state index contributed by atoms with van der Waals surface area (Å²) in [6.45, 7) is 2.02. The minimum atomic E-state index is -0.513. The van der Waals surface area contributed by atoms with Crippen LogP contribution < -0.4 is 5.32 Å². The molecule has 0 saturated carbocycles. The molecular formula is C12H15ClFNO2S. The van der Waals surface area contributed by atoms with E-state index in [9.17, 15) is 9.18 Å². The Kier molecular flexibility index (Phi) is 6.46. The number of nitrogens with one attached hydrogen (secondary N) is 1. The first-order valence-corrected chi connectivity index (χ1v) is 6.99. The van der Waals surface area contributed by atoms with Gasteiger partial charge in [-0.3, -0.25) is 4.79 Å². The molecule has 1 amide bonds. The molecule has 1 rings (SSSR count). The Labute approximate surface area is 115 Å². The highest BCUT2D eigenvalue weighted by molar-refractivity contribution is 7.99. The van der Waals surface area contributed by atoms with Crippen molar-refractivity contribution in [3.8, 4) is 0 Å². The number of hydrogen-bond acceptors (Lipinski definition) is 3. The average Bonchev–Trinajstić information content (AvgIpc) is 2.33. The fourth-order valence-corrected chi connectivity index (χ4v) is 2.24. The zero-order valence-electron chi connectivity index (χ0n) is 9.95. The number of benzene rings is 1. The second kappa shape index (κ2) is 7.61. The molecule has 100 valence electrons. The Morgan fingerprint density at radius 1 is 1.61 bits per heavy atom. The van der Waals surface area contributed by atoms with Gasteiger partial charge in [0, 0.05) is 12.3 Å². The van der Waals surface area contributed by atoms with E-state index in [2.05, 4.69) is 5.32 Å². The number of thioether (sulfide) groups is 1. The van der Waals surface area contributed by atoms with Gasteiger partial charge in [-0.15, -0.1) is 0 Å². The molecule has 0 heterocycles. The van der Waals surface area contributed by atoms with Gasteiger partial charge in [0.2, 0.25) is 5.91 Å². The predicted molar refractivity (Wildman–Crippen MR) is 73.6 cm³/mol. The molecule has 0 aromatic heterocycles. The molecule has 0 spiro atoms. The maximum Gasteiger partial charge on any atom is 0.234 e. The molecular weight excluding hydrogens is 277 g/mol. The Morgan fingerprint density at radius 2 is 2.33 bits per heavy atom. The number of aliphatic hydroxyl groups is 1. The van der Waals surface area contributed by atoms with Gasteiger partial charge in [0.1, 0.15) is 5.82 Å². The smallest absolute Gasteiger partial charge is 0.234 e. The molecule has 0 radical (unpaired) electrons. The molecule has 1 unspecified atom stereocenters. The summed E-state index contributed by atoms with van der Waals surface area (Å²) in [5, 5.41) is 11.4. The Hall–Kier alpha value is -0.780. The zero-order valence-corrected chi connectivity index (χ0v) is 11.5. The second-order valence-corrected chi connectivity index (χ2v) is 5.42. The van der Waals surface area contributed by atoms with Gasteiger partial charge in [-0.25, -0.2) is 4.39 Å². The first kappa shape index (κ1) is 15.3. The van der Waals surface area contributed by atoms with E-state index in [-0.39, 0.29) is 23.5 Å². The third-order valence-electron chi connectivity index (χ3n) is 2.15. The maximum atomic E-state index is 12.9. The highest BCUT2D eigenvalue weighted by Gasteiger charge is 2.07. The molecule has 1 atom stereocenters. The Balaban J connectivity index is 2.38. The van der Waals surface area contributed by atoms with Crippen LogP contribution in [0.4, 0.5) is 10.1 Å². The van der Waals surface area contributed by atoms with Crippen LogP contribution in [0.25, 0.3) is 0 Å². The number of rotatable bonds is 6. The van der Waals surface area contributed by atoms with Crippen LogP contribution in [0.15, 0.2) is 18.2 Å². The summed E-state index contributed by atoms with van der Waals surface area (Å²) in [6.07, 6.45) is 0. The van der Waals surface area contributed by atoms with Crippen LogP contribution in [-0.2, 0) is 4.79 Å². The summed E-state index contributed by atoms with van der Waals surface area (Å²) < 4.78 is 12.9. The van der Waals surface area contributed by atoms with Gasteiger partial charge in [-0.2, -0.15) is 11.8 Å². The van der Waals surface area contributed by atoms with Crippen molar-refractivity contribution in [2.24, 2.45) is 5.92 Å². The molecule has 18 heavy (non-hydrogen) atoms. The molecule has 6 heteroatoms. The number of anilines is 1. The van der Waals surface area contributed by atoms with Crippen molar-refractivity contribution in [2.75, 3.05) is 23.4 Å². The fraction of sp³-hybridized carbons (Fsp3) is 0.417. The first-order valence-electron chi connectivity index (χ1n) is 5.46. The third-order valence-corrected chi connectivity index (χ3v) is 3.71. The predicted octanol–water partition coefficient (Wildman–Crippen LogP) is 2.78. The van der Waals surface area contributed by atoms with Crippen molar-refractivity contribution < 1.29 is 14.3 Å². The number of hydrogen-bond donors (Lipinski definition) is 2. The van der Waals surface area contributed by atoms with Crippen molar-refractivity contribution in [1.82, 2.24) is 0 Å². The van der Waals surface area contributed by atoms with Gasteiger partial charge >= 0.3 is 0 Å². The lowest BCUT2D eigenvalue weighted by Gasteiger charge is -2.08. The zero-order chi connectivity index (χ0) is 13.5. The largest absolute Gasteiger partial charge is 0.396 e. The van der Waals surface area contributed by atoms with E-state index in [1.807, 2.05) is 6.92 Å². The summed E-state index contributed by atoms with van der Waals surface area (Å²) in [5.41, 5.74) is 0.474. The van der Waals surface area contributed by atoms with Gasteiger partial charge in [-0.05, 0) is 29.9 Å². The lowest BCUT2D eigenvalue weighted by molar-refractivity contribution is -0.113. The van der Waals surface area contributed by atoms with Crippen LogP contribution in [0.2, 0.25) is 5.02 Å². The average molecular weight is 292 g/mol. The standard InChI is InChI=1S/C12H15ClFNO2S/c1-8(5-16)6-18-7-12(17)15-9-2-3-11(14)10(13)4-9/h2-4,8,16H,5-7H2,1H3,(H,15,17). The van der Waals surface area contributed by atoms with E-state index in [1.165, 1.54) is 30.0 Å². The van der Waals surface area contributed by atoms with Crippen molar-refractivity contribution in [2.45, 2.75) is 6.92 Å². The molecule has 0 aliphatic heterocycles. The highest BCUT2D eigenvalue weighted by Crippen LogP contribution is 2.19. The lowest BCUT2D eigenvalue weighted by atomic mass is 10.2. The maximum absolute atomic E-state index is 12.9. The van der Waals surface area contributed by atoms with E-state index in [0.29, 0.717) is 17.2 Å². The normalized spacial score (nSPS) is 12.2. The van der Waals surface area contributed by atoms with Crippen LogP contribution in [0.1, 0.15) is 6.92 Å². The van der Waals surface area contributed by atoms with Crippen LogP contribution in [0, 0.1) is 11.7 Å². The molecule has 0 bridgehead atoms. The minimum Gasteiger partial charge on any atom is -0.396 e. The molecule has 3 nitrogen and oxygen atoms in total. The SMILES string of the molecule is CC(CO)CSCC(=O)Nc1ccc(F)c(Cl)c1. The van der Waals surface area contributed by atoms with Gasteiger partial charge < -0.3 is 10.4 Å². The van der Waals surface area contributed by atoms with Crippen LogP contribution in [0.3, 0.4) is 0 Å². The molecule has 2 N–H and O–H groups in total. The number of carbonyl (C=O) groups excluding carboxylic acids is 1. The summed E-state index contributed by atoms with van der Waals surface area (Å²) in [4.78, 5) is 11.5. The van der Waals surface area contributed by atoms with Crippen LogP contribution in [0.5, 0.6) is 0 Å². The van der Waals surface area contributed by atoms with Crippen molar-refractivity contribution in [3.05, 3.63) is 29.0 Å². The fourth-order valence-electron chi connectivity index (χ4n) is 1.18. The van der Waals surface area contributed by atoms with Crippen molar-refractivity contribution >= 4 is 35.0 Å². The molecule has 1 aromatic rings.